The van der Waals surface area contributed by atoms with Crippen molar-refractivity contribution < 1.29 is 14.7 Å². The fourth-order valence-corrected chi connectivity index (χ4v) is 4.40. The lowest BCUT2D eigenvalue weighted by Gasteiger charge is -2.36. The van der Waals surface area contributed by atoms with Gasteiger partial charge in [-0.3, -0.25) is 4.99 Å². The Morgan fingerprint density at radius 3 is 1.82 bits per heavy atom. The summed E-state index contributed by atoms with van der Waals surface area (Å²) in [7, 11) is 0. The number of halogens is 1. The Hall–Kier alpha value is -2.37. The number of quaternary nitrogens is 1. The van der Waals surface area contributed by atoms with Gasteiger partial charge >= 0.3 is 0 Å². The van der Waals surface area contributed by atoms with Gasteiger partial charge in [-0.2, -0.15) is 0 Å². The molecule has 0 aliphatic heterocycles. The van der Waals surface area contributed by atoms with Crippen LogP contribution in [0.4, 0.5) is 0 Å². The molecule has 0 heterocycles. The van der Waals surface area contributed by atoms with Crippen LogP contribution in [0, 0.1) is 12.3 Å². The highest BCUT2D eigenvalue weighted by molar-refractivity contribution is 6.15. The number of nitrogens with one attached hydrogen (secondary N) is 1. The van der Waals surface area contributed by atoms with Gasteiger partial charge in [-0.05, 0) is 70.9 Å². The van der Waals surface area contributed by atoms with Crippen LogP contribution in [0.5, 0.6) is 11.5 Å². The Morgan fingerprint density at radius 1 is 0.850 bits per heavy atom. The molecule has 2 aromatic rings. The van der Waals surface area contributed by atoms with Crippen molar-refractivity contribution >= 4 is 24.0 Å². The highest BCUT2D eigenvalue weighted by atomic mass is 35.5. The molecule has 1 aliphatic rings. The Kier molecular flexibility index (Phi) is 24.3. The maximum absolute atomic E-state index is 10.1. The predicted octanol–water partition coefficient (Wildman–Crippen LogP) is 9.52. The average molecular weight is 577 g/mol. The number of hydrogen-bond donors (Lipinski definition) is 3. The Bertz CT molecular complexity index is 929. The van der Waals surface area contributed by atoms with Crippen molar-refractivity contribution in [2.24, 2.45) is 4.99 Å². The minimum atomic E-state index is 0.167. The second kappa shape index (κ2) is 24.4. The summed E-state index contributed by atoms with van der Waals surface area (Å²) in [5.41, 5.74) is 3.78. The predicted molar refractivity (Wildman–Crippen MR) is 178 cm³/mol. The van der Waals surface area contributed by atoms with E-state index in [0.717, 1.165) is 48.0 Å². The van der Waals surface area contributed by atoms with E-state index in [2.05, 4.69) is 58.4 Å². The first kappa shape index (κ1) is 39.8. The van der Waals surface area contributed by atoms with Crippen molar-refractivity contribution in [3.63, 3.8) is 0 Å². The molecule has 0 atom stereocenters. The number of aromatic hydroxyl groups is 2. The van der Waals surface area contributed by atoms with E-state index in [4.69, 9.17) is 15.5 Å². The minimum Gasteiger partial charge on any atom is -0.507 e. The van der Waals surface area contributed by atoms with E-state index in [1.807, 2.05) is 39.1 Å². The van der Waals surface area contributed by atoms with Gasteiger partial charge in [0.2, 0.25) is 0 Å². The van der Waals surface area contributed by atoms with E-state index in [1.165, 1.54) is 50.5 Å². The molecule has 3 N–H and O–H groups in total. The molecule has 0 unspecified atom stereocenters. The highest BCUT2D eigenvalue weighted by Gasteiger charge is 2.21. The lowest BCUT2D eigenvalue weighted by atomic mass is 9.96. The molecule has 1 aliphatic carbocycles. The van der Waals surface area contributed by atoms with Crippen molar-refractivity contribution in [2.75, 3.05) is 26.0 Å². The maximum Gasteiger partial charge on any atom is 0.124 e. The third-order valence-electron chi connectivity index (χ3n) is 6.96. The number of aryl methyl sites for hydroxylation is 1. The van der Waals surface area contributed by atoms with E-state index in [1.54, 1.807) is 12.1 Å². The van der Waals surface area contributed by atoms with Crippen LogP contribution in [0.25, 0.3) is 0 Å². The quantitative estimate of drug-likeness (QED) is 0.166. The van der Waals surface area contributed by atoms with Crippen molar-refractivity contribution in [1.29, 1.82) is 5.41 Å². The van der Waals surface area contributed by atoms with Crippen LogP contribution >= 0.6 is 11.6 Å². The maximum atomic E-state index is 10.1. The van der Waals surface area contributed by atoms with Gasteiger partial charge in [-0.1, -0.05) is 65.0 Å². The van der Waals surface area contributed by atoms with Gasteiger partial charge in [0, 0.05) is 41.5 Å². The normalized spacial score (nSPS) is 12.8. The fraction of sp³-hybridized carbons (Fsp3) is 0.588. The Balaban J connectivity index is 0. The van der Waals surface area contributed by atoms with E-state index < -0.39 is 0 Å². The van der Waals surface area contributed by atoms with Gasteiger partial charge in [0.05, 0.1) is 19.6 Å². The van der Waals surface area contributed by atoms with Crippen molar-refractivity contribution in [2.45, 2.75) is 107 Å². The summed E-state index contributed by atoms with van der Waals surface area (Å²) < 4.78 is 1.09. The Morgan fingerprint density at radius 2 is 1.35 bits per heavy atom. The minimum absolute atomic E-state index is 0.167. The van der Waals surface area contributed by atoms with E-state index >= 15 is 0 Å². The zero-order chi connectivity index (χ0) is 31.0. The molecule has 0 amide bonds. The molecule has 5 nitrogen and oxygen atoms in total. The van der Waals surface area contributed by atoms with E-state index in [9.17, 15) is 5.11 Å². The van der Waals surface area contributed by atoms with Gasteiger partial charge < -0.3 is 20.1 Å². The summed E-state index contributed by atoms with van der Waals surface area (Å²) in [5, 5.41) is 26.1. The lowest BCUT2D eigenvalue weighted by Crippen LogP contribution is -2.46. The van der Waals surface area contributed by atoms with Crippen molar-refractivity contribution in [3.8, 4) is 11.5 Å². The number of phenols is 2. The SMILES string of the molecule is CC.CCC.CC[N+](CC)(CC)Cc1ccc(O)c(C=NC2CCCCC2)c1.CCl.Cc1ccc(O)c(C=N)c1. The van der Waals surface area contributed by atoms with E-state index in [0.29, 0.717) is 17.4 Å². The van der Waals surface area contributed by atoms with Gasteiger partial charge in [-0.15, -0.1) is 11.6 Å². The summed E-state index contributed by atoms with van der Waals surface area (Å²) in [5.74, 6) is 0.511. The molecule has 228 valence electrons. The number of benzene rings is 2. The first-order valence-corrected chi connectivity index (χ1v) is 15.9. The van der Waals surface area contributed by atoms with Gasteiger partial charge in [0.15, 0.2) is 0 Å². The third kappa shape index (κ3) is 15.4. The molecule has 0 saturated heterocycles. The molecule has 3 rings (SSSR count). The highest BCUT2D eigenvalue weighted by Crippen LogP contribution is 2.23. The summed E-state index contributed by atoms with van der Waals surface area (Å²) in [6.07, 6.45) is 12.1. The molecular weight excluding hydrogens is 518 g/mol. The number of alkyl halides is 1. The summed E-state index contributed by atoms with van der Waals surface area (Å²) in [6, 6.07) is 11.6. The van der Waals surface area contributed by atoms with E-state index in [-0.39, 0.29) is 5.75 Å². The molecule has 0 radical (unpaired) electrons. The second-order valence-electron chi connectivity index (χ2n) is 9.83. The smallest absolute Gasteiger partial charge is 0.124 e. The molecule has 40 heavy (non-hydrogen) atoms. The van der Waals surface area contributed by atoms with Crippen LogP contribution in [0.2, 0.25) is 0 Å². The zero-order valence-corrected chi connectivity index (χ0v) is 27.7. The van der Waals surface area contributed by atoms with Crippen LogP contribution in [0.3, 0.4) is 0 Å². The van der Waals surface area contributed by atoms with Crippen LogP contribution in [-0.4, -0.2) is 59.2 Å². The average Bonchev–Trinajstić information content (AvgIpc) is 3.00. The van der Waals surface area contributed by atoms with Crippen LogP contribution < -0.4 is 0 Å². The molecule has 0 spiro atoms. The molecule has 6 heteroatoms. The number of phenolic OH excluding ortho intramolecular Hbond substituents is 2. The first-order valence-electron chi connectivity index (χ1n) is 15.2. The summed E-state index contributed by atoms with van der Waals surface area (Å²) in [4.78, 5) is 4.72. The molecule has 1 fully saturated rings. The molecule has 1 saturated carbocycles. The van der Waals surface area contributed by atoms with Gasteiger partial charge in [0.1, 0.15) is 18.0 Å². The number of rotatable bonds is 8. The van der Waals surface area contributed by atoms with Crippen LogP contribution in [-0.2, 0) is 6.54 Å². The first-order chi connectivity index (χ1) is 19.3. The summed E-state index contributed by atoms with van der Waals surface area (Å²) in [6.45, 7) is 21.4. The summed E-state index contributed by atoms with van der Waals surface area (Å²) >= 11 is 4.64. The number of nitrogens with zero attached hydrogens (tertiary/aromatic N) is 2. The van der Waals surface area contributed by atoms with Gasteiger partial charge in [-0.25, -0.2) is 0 Å². The number of hydrogen-bond acceptors (Lipinski definition) is 4. The molecule has 2 aromatic carbocycles. The molecule has 0 aromatic heterocycles. The topological polar surface area (TPSA) is 76.7 Å². The largest absolute Gasteiger partial charge is 0.507 e. The van der Waals surface area contributed by atoms with Gasteiger partial charge in [0.25, 0.3) is 0 Å². The third-order valence-corrected chi connectivity index (χ3v) is 6.96. The molecule has 0 bridgehead atoms. The van der Waals surface area contributed by atoms with Crippen LogP contribution in [0.1, 0.15) is 109 Å². The van der Waals surface area contributed by atoms with Crippen LogP contribution in [0.15, 0.2) is 41.4 Å². The monoisotopic (exact) mass is 576 g/mol. The van der Waals surface area contributed by atoms with Crippen molar-refractivity contribution in [3.05, 3.63) is 58.7 Å². The number of aliphatic imine (C=N–C) groups is 1. The Labute approximate surface area is 251 Å². The molecular formula is C34H59ClN3O2+. The standard InChI is InChI=1S/C20H32N2O.C8H9NO.C3H8.C2H6.CH3Cl/c1-4-22(5-2,6-3)16-17-12-13-20(23)18(14-17)15-21-19-10-8-7-9-11-19;1-6-2-3-8(10)7(4-6)5-9;1-3-2;2*1-2/h12-15,19H,4-11,16H2,1-3H3;2-5,9-10H,1H3;3H2,1-2H3;1-2H3;1H3/p+1. The second-order valence-corrected chi connectivity index (χ2v) is 9.83. The van der Waals surface area contributed by atoms with Crippen molar-refractivity contribution in [1.82, 2.24) is 0 Å². The lowest BCUT2D eigenvalue weighted by molar-refractivity contribution is -0.936. The zero-order valence-electron chi connectivity index (χ0n) is 26.9. The fourth-order valence-electron chi connectivity index (χ4n) is 4.40.